The van der Waals surface area contributed by atoms with Crippen LogP contribution in [0.2, 0.25) is 0 Å². The normalized spacial score (nSPS) is 14.2. The van der Waals surface area contributed by atoms with Crippen molar-refractivity contribution in [2.24, 2.45) is 10.8 Å². The third-order valence-electron chi connectivity index (χ3n) is 2.21. The molecule has 0 unspecified atom stereocenters. The second kappa shape index (κ2) is 4.11. The Morgan fingerprint density at radius 1 is 1.00 bits per heavy atom. The van der Waals surface area contributed by atoms with E-state index in [9.17, 15) is 0 Å². The van der Waals surface area contributed by atoms with Crippen LogP contribution in [0.4, 0.5) is 0 Å². The lowest BCUT2D eigenvalue weighted by molar-refractivity contribution is 0.412. The smallest absolute Gasteiger partial charge is 0.0177 e. The molecule has 0 amide bonds. The number of rotatable bonds is 3. The van der Waals surface area contributed by atoms with Crippen molar-refractivity contribution in [3.05, 3.63) is 12.2 Å². The van der Waals surface area contributed by atoms with Crippen molar-refractivity contribution in [1.82, 2.24) is 0 Å². The van der Waals surface area contributed by atoms with Gasteiger partial charge in [-0.3, -0.25) is 0 Å². The van der Waals surface area contributed by atoms with Crippen molar-refractivity contribution in [1.29, 1.82) is 0 Å². The van der Waals surface area contributed by atoms with Crippen LogP contribution in [0.25, 0.3) is 0 Å². The monoisotopic (exact) mass is 168 g/mol. The third-order valence-corrected chi connectivity index (χ3v) is 2.21. The van der Waals surface area contributed by atoms with Gasteiger partial charge >= 0.3 is 0 Å². The fraction of sp³-hybridized carbons (Fsp3) is 0.833. The second-order valence-corrected chi connectivity index (χ2v) is 5.51. The average Bonchev–Trinajstić information content (AvgIpc) is 1.84. The summed E-state index contributed by atoms with van der Waals surface area (Å²) in [6.45, 7) is 13.6. The van der Waals surface area contributed by atoms with E-state index in [-0.39, 0.29) is 0 Å². The maximum atomic E-state index is 2.35. The summed E-state index contributed by atoms with van der Waals surface area (Å²) in [6.07, 6.45) is 7.06. The van der Waals surface area contributed by atoms with Gasteiger partial charge in [-0.1, -0.05) is 53.7 Å². The van der Waals surface area contributed by atoms with Gasteiger partial charge in [0.25, 0.3) is 0 Å². The highest BCUT2D eigenvalue weighted by Gasteiger charge is 2.11. The first-order valence-electron chi connectivity index (χ1n) is 4.94. The van der Waals surface area contributed by atoms with Crippen LogP contribution in [0.3, 0.4) is 0 Å². The molecule has 0 atom stereocenters. The molecule has 0 saturated heterocycles. The van der Waals surface area contributed by atoms with Crippen LogP contribution in [0.1, 0.15) is 54.4 Å². The summed E-state index contributed by atoms with van der Waals surface area (Å²) in [6, 6.07) is 0. The molecule has 0 rings (SSSR count). The molecule has 12 heavy (non-hydrogen) atoms. The van der Waals surface area contributed by atoms with E-state index in [0.717, 1.165) is 0 Å². The maximum Gasteiger partial charge on any atom is -0.0177 e. The number of hydrogen-bond donors (Lipinski definition) is 0. The fourth-order valence-corrected chi connectivity index (χ4v) is 0.849. The van der Waals surface area contributed by atoms with Gasteiger partial charge in [0.1, 0.15) is 0 Å². The topological polar surface area (TPSA) is 0 Å². The predicted molar refractivity (Wildman–Crippen MR) is 57.3 cm³/mol. The minimum Gasteiger partial charge on any atom is -0.0875 e. The Morgan fingerprint density at radius 2 is 1.50 bits per heavy atom. The van der Waals surface area contributed by atoms with Crippen LogP contribution in [0, 0.1) is 10.8 Å². The summed E-state index contributed by atoms with van der Waals surface area (Å²) >= 11 is 0. The van der Waals surface area contributed by atoms with Crippen molar-refractivity contribution in [2.75, 3.05) is 0 Å². The van der Waals surface area contributed by atoms with E-state index in [4.69, 9.17) is 0 Å². The molecule has 0 aliphatic heterocycles. The van der Waals surface area contributed by atoms with Gasteiger partial charge in [0, 0.05) is 0 Å². The zero-order valence-corrected chi connectivity index (χ0v) is 9.57. The highest BCUT2D eigenvalue weighted by molar-refractivity contribution is 4.95. The summed E-state index contributed by atoms with van der Waals surface area (Å²) < 4.78 is 0. The van der Waals surface area contributed by atoms with E-state index in [0.29, 0.717) is 10.8 Å². The van der Waals surface area contributed by atoms with Crippen molar-refractivity contribution in [3.63, 3.8) is 0 Å². The molecule has 0 aliphatic rings. The molecule has 0 heterocycles. The number of hydrogen-bond acceptors (Lipinski definition) is 0. The largest absolute Gasteiger partial charge is 0.0875 e. The van der Waals surface area contributed by atoms with Crippen molar-refractivity contribution in [3.8, 4) is 0 Å². The van der Waals surface area contributed by atoms with Crippen molar-refractivity contribution in [2.45, 2.75) is 54.4 Å². The molecular formula is C12H24. The zero-order chi connectivity index (χ0) is 9.83. The van der Waals surface area contributed by atoms with Crippen LogP contribution < -0.4 is 0 Å². The Bertz CT molecular complexity index is 144. The Morgan fingerprint density at radius 3 is 1.83 bits per heavy atom. The Labute approximate surface area is 78.1 Å². The van der Waals surface area contributed by atoms with E-state index in [2.05, 4.69) is 53.7 Å². The van der Waals surface area contributed by atoms with E-state index in [1.165, 1.54) is 12.8 Å². The molecule has 0 aromatic heterocycles. The lowest BCUT2D eigenvalue weighted by atomic mass is 9.86. The van der Waals surface area contributed by atoms with Gasteiger partial charge in [0.15, 0.2) is 0 Å². The second-order valence-electron chi connectivity index (χ2n) is 5.51. The van der Waals surface area contributed by atoms with E-state index in [1.807, 2.05) is 0 Å². The molecule has 0 fully saturated rings. The molecule has 0 heteroatoms. The molecule has 0 nitrogen and oxygen atoms in total. The van der Waals surface area contributed by atoms with Crippen LogP contribution in [-0.4, -0.2) is 0 Å². The van der Waals surface area contributed by atoms with Gasteiger partial charge in [-0.2, -0.15) is 0 Å². The summed E-state index contributed by atoms with van der Waals surface area (Å²) in [7, 11) is 0. The first-order valence-corrected chi connectivity index (χ1v) is 4.94. The van der Waals surface area contributed by atoms with Crippen LogP contribution in [0.5, 0.6) is 0 Å². The average molecular weight is 168 g/mol. The lowest BCUT2D eigenvalue weighted by Crippen LogP contribution is -2.06. The van der Waals surface area contributed by atoms with E-state index in [1.54, 1.807) is 0 Å². The molecule has 0 aliphatic carbocycles. The molecule has 0 radical (unpaired) electrons. The summed E-state index contributed by atoms with van der Waals surface area (Å²) in [5.74, 6) is 0. The molecule has 0 bridgehead atoms. The van der Waals surface area contributed by atoms with Gasteiger partial charge in [0.05, 0.1) is 0 Å². The van der Waals surface area contributed by atoms with E-state index >= 15 is 0 Å². The van der Waals surface area contributed by atoms with E-state index < -0.39 is 0 Å². The molecule has 0 N–H and O–H groups in total. The molecule has 72 valence electrons. The van der Waals surface area contributed by atoms with Gasteiger partial charge in [-0.25, -0.2) is 0 Å². The van der Waals surface area contributed by atoms with Gasteiger partial charge in [-0.05, 0) is 23.7 Å². The Hall–Kier alpha value is -0.260. The molecule has 0 aromatic carbocycles. The van der Waals surface area contributed by atoms with Gasteiger partial charge in [0.2, 0.25) is 0 Å². The third kappa shape index (κ3) is 6.45. The van der Waals surface area contributed by atoms with Crippen LogP contribution in [0.15, 0.2) is 12.2 Å². The minimum atomic E-state index is 0.380. The van der Waals surface area contributed by atoms with Crippen LogP contribution >= 0.6 is 0 Å². The van der Waals surface area contributed by atoms with Crippen molar-refractivity contribution < 1.29 is 0 Å². The first kappa shape index (κ1) is 11.7. The molecule has 0 spiro atoms. The standard InChI is InChI=1S/C12H24/c1-7-12(5,6)10-8-9-11(2,3)4/h8,10H,7,9H2,1-6H3. The van der Waals surface area contributed by atoms with Crippen molar-refractivity contribution >= 4 is 0 Å². The molecule has 0 aromatic rings. The zero-order valence-electron chi connectivity index (χ0n) is 9.57. The highest BCUT2D eigenvalue weighted by Crippen LogP contribution is 2.24. The Balaban J connectivity index is 3.92. The highest BCUT2D eigenvalue weighted by atomic mass is 14.2. The summed E-state index contributed by atoms with van der Waals surface area (Å²) in [5, 5.41) is 0. The predicted octanol–water partition coefficient (Wildman–Crippen LogP) is 4.42. The van der Waals surface area contributed by atoms with Crippen LogP contribution in [-0.2, 0) is 0 Å². The fourth-order valence-electron chi connectivity index (χ4n) is 0.849. The first-order chi connectivity index (χ1) is 5.27. The van der Waals surface area contributed by atoms with Gasteiger partial charge in [-0.15, -0.1) is 0 Å². The Kier molecular flexibility index (Phi) is 4.02. The van der Waals surface area contributed by atoms with Gasteiger partial charge < -0.3 is 0 Å². The quantitative estimate of drug-likeness (QED) is 0.547. The summed E-state index contributed by atoms with van der Waals surface area (Å²) in [4.78, 5) is 0. The lowest BCUT2D eigenvalue weighted by Gasteiger charge is -2.19. The molecular weight excluding hydrogens is 144 g/mol. The maximum absolute atomic E-state index is 2.35. The minimum absolute atomic E-state index is 0.380. The summed E-state index contributed by atoms with van der Waals surface area (Å²) in [5.41, 5.74) is 0.811. The SMILES string of the molecule is CCC(C)(C)C=CCC(C)(C)C. The number of allylic oxidation sites excluding steroid dienone is 2. The molecule has 0 saturated carbocycles.